The zero-order valence-corrected chi connectivity index (χ0v) is 26.0. The second-order valence-corrected chi connectivity index (χ2v) is 13.5. The van der Waals surface area contributed by atoms with Crippen molar-refractivity contribution in [3.05, 3.63) is 74.0 Å². The van der Waals surface area contributed by atoms with Gasteiger partial charge in [0, 0.05) is 62.7 Å². The molecular formula is C32H34N6O5S. The summed E-state index contributed by atoms with van der Waals surface area (Å²) in [6, 6.07) is 5.62. The van der Waals surface area contributed by atoms with Gasteiger partial charge >= 0.3 is 5.97 Å². The minimum absolute atomic E-state index is 0.0753. The fourth-order valence-corrected chi connectivity index (χ4v) is 7.51. The number of nitrogens with one attached hydrogen (secondary N) is 1. The highest BCUT2D eigenvalue weighted by Gasteiger charge is 2.37. The average Bonchev–Trinajstić information content (AvgIpc) is 3.64. The minimum atomic E-state index is -0.442. The summed E-state index contributed by atoms with van der Waals surface area (Å²) in [5.41, 5.74) is 6.49. The van der Waals surface area contributed by atoms with Crippen molar-refractivity contribution in [3.8, 4) is 11.1 Å². The van der Waals surface area contributed by atoms with E-state index in [0.29, 0.717) is 65.3 Å². The molecule has 2 aliphatic heterocycles. The summed E-state index contributed by atoms with van der Waals surface area (Å²) in [5, 5.41) is 3.85. The van der Waals surface area contributed by atoms with Crippen molar-refractivity contribution >= 4 is 39.9 Å². The minimum Gasteiger partial charge on any atom is -0.461 e. The van der Waals surface area contributed by atoms with Crippen molar-refractivity contribution < 1.29 is 19.1 Å². The molecule has 0 saturated carbocycles. The molecule has 6 heterocycles. The first-order valence-electron chi connectivity index (χ1n) is 14.8. The zero-order chi connectivity index (χ0) is 30.7. The van der Waals surface area contributed by atoms with Crippen LogP contribution in [0.4, 0.5) is 16.6 Å². The summed E-state index contributed by atoms with van der Waals surface area (Å²) >= 11 is 1.48. The molecule has 0 saturated heterocycles. The molecule has 44 heavy (non-hydrogen) atoms. The van der Waals surface area contributed by atoms with Crippen molar-refractivity contribution in [1.82, 2.24) is 19.1 Å². The zero-order valence-electron chi connectivity index (χ0n) is 25.2. The quantitative estimate of drug-likeness (QED) is 0.318. The summed E-state index contributed by atoms with van der Waals surface area (Å²) in [6.45, 7) is 8.04. The van der Waals surface area contributed by atoms with E-state index in [9.17, 15) is 14.4 Å². The predicted molar refractivity (Wildman–Crippen MR) is 166 cm³/mol. The van der Waals surface area contributed by atoms with E-state index in [1.165, 1.54) is 34.1 Å². The van der Waals surface area contributed by atoms with Gasteiger partial charge in [0.2, 0.25) is 0 Å². The number of esters is 1. The molecule has 1 aliphatic carbocycles. The Kier molecular flexibility index (Phi) is 6.93. The third-order valence-electron chi connectivity index (χ3n) is 8.56. The number of hydrogen-bond acceptors (Lipinski definition) is 9. The van der Waals surface area contributed by atoms with Crippen LogP contribution in [0.2, 0.25) is 0 Å². The Labute approximate surface area is 258 Å². The highest BCUT2D eigenvalue weighted by Crippen LogP contribution is 2.40. The molecule has 1 amide bonds. The second kappa shape index (κ2) is 10.7. The average molecular weight is 615 g/mol. The SMILES string of the molecule is CC(=O)OCc1c(-c2cc(Nc3nc4c(s3)COCC4)c(=O)n(C)c2)ccnc1N1CCn2c(cc3c2CC(C)(C)C3)C1=O. The lowest BCUT2D eigenvalue weighted by atomic mass is 9.90. The van der Waals surface area contributed by atoms with Crippen LogP contribution in [0, 0.1) is 5.41 Å². The number of carbonyl (C=O) groups excluding carboxylic acids is 2. The normalized spacial score (nSPS) is 16.8. The van der Waals surface area contributed by atoms with Gasteiger partial charge in [-0.05, 0) is 47.6 Å². The molecule has 1 N–H and O–H groups in total. The lowest BCUT2D eigenvalue weighted by Gasteiger charge is -2.31. The smallest absolute Gasteiger partial charge is 0.302 e. The first kappa shape index (κ1) is 28.5. The molecule has 0 spiro atoms. The number of rotatable bonds is 6. The number of pyridine rings is 2. The van der Waals surface area contributed by atoms with Gasteiger partial charge in [-0.3, -0.25) is 19.3 Å². The van der Waals surface area contributed by atoms with Gasteiger partial charge in [-0.2, -0.15) is 0 Å². The molecular weight excluding hydrogens is 580 g/mol. The largest absolute Gasteiger partial charge is 0.461 e. The second-order valence-electron chi connectivity index (χ2n) is 12.4. The van der Waals surface area contributed by atoms with Crippen molar-refractivity contribution in [3.63, 3.8) is 0 Å². The molecule has 228 valence electrons. The Morgan fingerprint density at radius 2 is 2.05 bits per heavy atom. The van der Waals surface area contributed by atoms with E-state index in [4.69, 9.17) is 9.47 Å². The van der Waals surface area contributed by atoms with E-state index in [-0.39, 0.29) is 23.5 Å². The maximum atomic E-state index is 13.9. The van der Waals surface area contributed by atoms with Crippen LogP contribution in [0.5, 0.6) is 0 Å². The number of nitrogens with zero attached hydrogens (tertiary/aromatic N) is 5. The molecule has 12 heteroatoms. The summed E-state index contributed by atoms with van der Waals surface area (Å²) in [5.74, 6) is -0.127. The van der Waals surface area contributed by atoms with Gasteiger partial charge in [0.15, 0.2) is 5.13 Å². The van der Waals surface area contributed by atoms with Gasteiger partial charge in [-0.1, -0.05) is 25.2 Å². The van der Waals surface area contributed by atoms with E-state index in [1.807, 2.05) is 12.1 Å². The van der Waals surface area contributed by atoms with E-state index in [0.717, 1.165) is 29.8 Å². The van der Waals surface area contributed by atoms with E-state index in [2.05, 4.69) is 33.7 Å². The molecule has 0 radical (unpaired) electrons. The Morgan fingerprint density at radius 3 is 2.84 bits per heavy atom. The number of amides is 1. The fourth-order valence-electron chi connectivity index (χ4n) is 6.56. The first-order chi connectivity index (χ1) is 21.1. The lowest BCUT2D eigenvalue weighted by Crippen LogP contribution is -2.41. The monoisotopic (exact) mass is 614 g/mol. The molecule has 4 aromatic heterocycles. The van der Waals surface area contributed by atoms with Gasteiger partial charge < -0.3 is 23.9 Å². The molecule has 3 aliphatic rings. The van der Waals surface area contributed by atoms with Crippen molar-refractivity contribution in [1.29, 1.82) is 0 Å². The summed E-state index contributed by atoms with van der Waals surface area (Å²) in [4.78, 5) is 51.2. The number of hydrogen-bond donors (Lipinski definition) is 1. The number of aromatic nitrogens is 4. The Morgan fingerprint density at radius 1 is 1.20 bits per heavy atom. The maximum absolute atomic E-state index is 13.9. The topological polar surface area (TPSA) is 121 Å². The number of aryl methyl sites for hydroxylation is 1. The molecule has 0 fully saturated rings. The Bertz CT molecular complexity index is 1860. The lowest BCUT2D eigenvalue weighted by molar-refractivity contribution is -0.142. The van der Waals surface area contributed by atoms with E-state index < -0.39 is 5.97 Å². The van der Waals surface area contributed by atoms with Gasteiger partial charge in [0.25, 0.3) is 11.5 Å². The van der Waals surface area contributed by atoms with E-state index >= 15 is 0 Å². The molecule has 7 rings (SSSR count). The summed E-state index contributed by atoms with van der Waals surface area (Å²) in [6.07, 6.45) is 6.02. The molecule has 0 unspecified atom stereocenters. The maximum Gasteiger partial charge on any atom is 0.302 e. The number of fused-ring (bicyclic) bond motifs is 4. The summed E-state index contributed by atoms with van der Waals surface area (Å²) in [7, 11) is 1.69. The van der Waals surface area contributed by atoms with Gasteiger partial charge in [-0.15, -0.1) is 0 Å². The van der Waals surface area contributed by atoms with Crippen LogP contribution < -0.4 is 15.8 Å². The fraction of sp³-hybridized carbons (Fsp3) is 0.406. The van der Waals surface area contributed by atoms with Crippen LogP contribution in [-0.2, 0) is 60.3 Å². The molecule has 0 bridgehead atoms. The van der Waals surface area contributed by atoms with Crippen LogP contribution in [0.25, 0.3) is 11.1 Å². The Hall–Kier alpha value is -4.29. The standard InChI is InChI=1S/C32H34N6O5S/c1-18(39)43-16-22-21(20-11-24(29(40)36(4)15-20)35-31-34-23-6-10-42-17-27(23)44-31)5-7-33-28(22)38-9-8-37-25(30(38)41)12-19-13-32(2,3)14-26(19)37/h5,7,11-12,15H,6,8-10,13-14,16-17H2,1-4H3,(H,34,35). The summed E-state index contributed by atoms with van der Waals surface area (Å²) < 4.78 is 14.7. The highest BCUT2D eigenvalue weighted by molar-refractivity contribution is 7.15. The van der Waals surface area contributed by atoms with Gasteiger partial charge in [0.1, 0.15) is 23.8 Å². The third kappa shape index (κ3) is 5.01. The van der Waals surface area contributed by atoms with Crippen LogP contribution in [0.15, 0.2) is 35.4 Å². The van der Waals surface area contributed by atoms with Gasteiger partial charge in [-0.25, -0.2) is 9.97 Å². The van der Waals surface area contributed by atoms with Crippen LogP contribution >= 0.6 is 11.3 Å². The van der Waals surface area contributed by atoms with Crippen molar-refractivity contribution in [2.24, 2.45) is 12.5 Å². The van der Waals surface area contributed by atoms with Crippen LogP contribution in [0.3, 0.4) is 0 Å². The first-order valence-corrected chi connectivity index (χ1v) is 15.6. The molecule has 0 atom stereocenters. The number of carbonyl (C=O) groups is 2. The predicted octanol–water partition coefficient (Wildman–Crippen LogP) is 4.37. The molecule has 4 aromatic rings. The molecule has 11 nitrogen and oxygen atoms in total. The van der Waals surface area contributed by atoms with E-state index in [1.54, 1.807) is 30.4 Å². The van der Waals surface area contributed by atoms with Crippen LogP contribution in [0.1, 0.15) is 58.7 Å². The third-order valence-corrected chi connectivity index (χ3v) is 9.55. The highest BCUT2D eigenvalue weighted by atomic mass is 32.1. The van der Waals surface area contributed by atoms with Crippen molar-refractivity contribution in [2.75, 3.05) is 23.4 Å². The number of thiazole rings is 1. The number of anilines is 3. The van der Waals surface area contributed by atoms with Crippen molar-refractivity contribution in [2.45, 2.75) is 59.8 Å². The molecule has 0 aromatic carbocycles. The number of ether oxygens (including phenoxy) is 2. The van der Waals surface area contributed by atoms with Gasteiger partial charge in [0.05, 0.1) is 23.8 Å². The Balaban J connectivity index is 1.27. The van der Waals surface area contributed by atoms with Crippen LogP contribution in [-0.4, -0.2) is 44.1 Å².